The van der Waals surface area contributed by atoms with Gasteiger partial charge in [-0.15, -0.1) is 0 Å². The summed E-state index contributed by atoms with van der Waals surface area (Å²) in [5.74, 6) is 1.09. The Bertz CT molecular complexity index is 466. The quantitative estimate of drug-likeness (QED) is 0.600. The molecule has 1 fully saturated rings. The summed E-state index contributed by atoms with van der Waals surface area (Å²) < 4.78 is 5.88. The molecule has 1 aromatic carbocycles. The molecular formula is C20H31NO3. The van der Waals surface area contributed by atoms with Crippen LogP contribution in [0.25, 0.3) is 0 Å². The molecule has 0 spiro atoms. The summed E-state index contributed by atoms with van der Waals surface area (Å²) in [6.07, 6.45) is 10.3. The third-order valence-corrected chi connectivity index (χ3v) is 4.78. The van der Waals surface area contributed by atoms with Gasteiger partial charge in [0, 0.05) is 6.54 Å². The van der Waals surface area contributed by atoms with Crippen molar-refractivity contribution < 1.29 is 14.6 Å². The molecule has 1 saturated carbocycles. The van der Waals surface area contributed by atoms with E-state index >= 15 is 0 Å². The number of ether oxygens (including phenoxy) is 1. The van der Waals surface area contributed by atoms with Gasteiger partial charge >= 0.3 is 5.97 Å². The van der Waals surface area contributed by atoms with E-state index in [1.165, 1.54) is 44.1 Å². The van der Waals surface area contributed by atoms with Crippen molar-refractivity contribution in [2.75, 3.05) is 19.7 Å². The second-order valence-corrected chi connectivity index (χ2v) is 6.78. The fourth-order valence-electron chi connectivity index (χ4n) is 3.31. The summed E-state index contributed by atoms with van der Waals surface area (Å²) in [4.78, 5) is 10.4. The number of hydrogen-bond acceptors (Lipinski definition) is 3. The summed E-state index contributed by atoms with van der Waals surface area (Å²) in [7, 11) is 0. The minimum absolute atomic E-state index is 0.187. The molecule has 0 unspecified atom stereocenters. The highest BCUT2D eigenvalue weighted by Crippen LogP contribution is 2.26. The van der Waals surface area contributed by atoms with Crippen molar-refractivity contribution >= 4 is 5.97 Å². The fraction of sp³-hybridized carbons (Fsp3) is 0.650. The Morgan fingerprint density at radius 3 is 2.58 bits per heavy atom. The molecule has 0 atom stereocenters. The number of carboxylic acid groups (broad SMARTS) is 1. The first-order chi connectivity index (χ1) is 11.7. The van der Waals surface area contributed by atoms with E-state index in [2.05, 4.69) is 29.6 Å². The van der Waals surface area contributed by atoms with Gasteiger partial charge in [-0.05, 0) is 49.4 Å². The van der Waals surface area contributed by atoms with Crippen LogP contribution in [0.2, 0.25) is 0 Å². The number of aryl methyl sites for hydroxylation is 1. The van der Waals surface area contributed by atoms with E-state index < -0.39 is 5.97 Å². The van der Waals surface area contributed by atoms with Crippen molar-refractivity contribution in [3.63, 3.8) is 0 Å². The van der Waals surface area contributed by atoms with E-state index in [0.29, 0.717) is 6.54 Å². The molecule has 4 nitrogen and oxygen atoms in total. The van der Waals surface area contributed by atoms with Crippen LogP contribution >= 0.6 is 0 Å². The minimum atomic E-state index is -0.749. The highest BCUT2D eigenvalue weighted by molar-refractivity contribution is 5.66. The largest absolute Gasteiger partial charge is 0.494 e. The van der Waals surface area contributed by atoms with Gasteiger partial charge in [-0.1, -0.05) is 44.2 Å². The van der Waals surface area contributed by atoms with Crippen LogP contribution in [0.4, 0.5) is 0 Å². The number of carbonyl (C=O) groups is 1. The average molecular weight is 333 g/mol. The van der Waals surface area contributed by atoms with Crippen LogP contribution in [0.1, 0.15) is 56.9 Å². The van der Waals surface area contributed by atoms with Crippen LogP contribution in [-0.4, -0.2) is 30.8 Å². The van der Waals surface area contributed by atoms with Crippen LogP contribution in [0, 0.1) is 5.92 Å². The van der Waals surface area contributed by atoms with Crippen molar-refractivity contribution in [2.24, 2.45) is 5.92 Å². The molecule has 0 radical (unpaired) electrons. The standard InChI is InChI=1S/C20H31NO3/c22-20(23)12-15-21-14-4-7-18-8-10-19(11-9-18)24-16-13-17-5-2-1-3-6-17/h8-11,17,21H,1-7,12-16H2,(H,22,23). The van der Waals surface area contributed by atoms with Crippen LogP contribution in [-0.2, 0) is 11.2 Å². The number of aliphatic carboxylic acids is 1. The third kappa shape index (κ3) is 7.82. The molecule has 1 aliphatic rings. The molecule has 24 heavy (non-hydrogen) atoms. The lowest BCUT2D eigenvalue weighted by atomic mass is 9.87. The highest BCUT2D eigenvalue weighted by Gasteiger charge is 2.13. The molecule has 0 heterocycles. The lowest BCUT2D eigenvalue weighted by Gasteiger charge is -2.21. The van der Waals surface area contributed by atoms with Gasteiger partial charge in [-0.25, -0.2) is 0 Å². The summed E-state index contributed by atoms with van der Waals surface area (Å²) in [6, 6.07) is 8.39. The van der Waals surface area contributed by atoms with Crippen LogP contribution in [0.3, 0.4) is 0 Å². The summed E-state index contributed by atoms with van der Waals surface area (Å²) in [5.41, 5.74) is 1.30. The average Bonchev–Trinajstić information content (AvgIpc) is 2.60. The Morgan fingerprint density at radius 2 is 1.88 bits per heavy atom. The van der Waals surface area contributed by atoms with E-state index in [0.717, 1.165) is 37.7 Å². The number of carboxylic acids is 1. The Kier molecular flexibility index (Phi) is 8.67. The molecule has 0 bridgehead atoms. The molecule has 2 N–H and O–H groups in total. The monoisotopic (exact) mass is 333 g/mol. The first-order valence-corrected chi connectivity index (χ1v) is 9.38. The Hall–Kier alpha value is -1.55. The van der Waals surface area contributed by atoms with Crippen molar-refractivity contribution in [1.29, 1.82) is 0 Å². The molecular weight excluding hydrogens is 302 g/mol. The first kappa shape index (κ1) is 18.8. The molecule has 0 aliphatic heterocycles. The molecule has 1 aliphatic carbocycles. The molecule has 1 aromatic rings. The maximum atomic E-state index is 10.4. The van der Waals surface area contributed by atoms with Gasteiger partial charge in [-0.3, -0.25) is 4.79 Å². The van der Waals surface area contributed by atoms with Crippen LogP contribution in [0.15, 0.2) is 24.3 Å². The lowest BCUT2D eigenvalue weighted by Crippen LogP contribution is -2.19. The van der Waals surface area contributed by atoms with E-state index in [-0.39, 0.29) is 6.42 Å². The van der Waals surface area contributed by atoms with Crippen molar-refractivity contribution in [3.8, 4) is 5.75 Å². The molecule has 0 amide bonds. The SMILES string of the molecule is O=C(O)CCNCCCc1ccc(OCCC2CCCCC2)cc1. The van der Waals surface area contributed by atoms with Crippen LogP contribution < -0.4 is 10.1 Å². The predicted octanol–water partition coefficient (Wildman–Crippen LogP) is 4.03. The summed E-state index contributed by atoms with van der Waals surface area (Å²) >= 11 is 0. The van der Waals surface area contributed by atoms with E-state index in [1.54, 1.807) is 0 Å². The van der Waals surface area contributed by atoms with Gasteiger partial charge in [0.1, 0.15) is 5.75 Å². The van der Waals surface area contributed by atoms with Gasteiger partial charge < -0.3 is 15.2 Å². The van der Waals surface area contributed by atoms with Crippen molar-refractivity contribution in [2.45, 2.75) is 57.8 Å². The Morgan fingerprint density at radius 1 is 1.12 bits per heavy atom. The molecule has 0 aromatic heterocycles. The zero-order valence-electron chi connectivity index (χ0n) is 14.6. The molecule has 4 heteroatoms. The zero-order chi connectivity index (χ0) is 17.0. The molecule has 2 rings (SSSR count). The topological polar surface area (TPSA) is 58.6 Å². The highest BCUT2D eigenvalue weighted by atomic mass is 16.5. The summed E-state index contributed by atoms with van der Waals surface area (Å²) in [6.45, 7) is 2.23. The van der Waals surface area contributed by atoms with Gasteiger partial charge in [-0.2, -0.15) is 0 Å². The predicted molar refractivity (Wildman–Crippen MR) is 96.6 cm³/mol. The van der Waals surface area contributed by atoms with Gasteiger partial charge in [0.05, 0.1) is 13.0 Å². The number of hydrogen-bond donors (Lipinski definition) is 2. The molecule has 134 valence electrons. The fourth-order valence-corrected chi connectivity index (χ4v) is 3.31. The number of nitrogens with one attached hydrogen (secondary N) is 1. The normalized spacial score (nSPS) is 15.3. The van der Waals surface area contributed by atoms with Crippen molar-refractivity contribution in [3.05, 3.63) is 29.8 Å². The van der Waals surface area contributed by atoms with E-state index in [9.17, 15) is 4.79 Å². The Labute approximate surface area is 145 Å². The number of benzene rings is 1. The van der Waals surface area contributed by atoms with E-state index in [4.69, 9.17) is 9.84 Å². The second-order valence-electron chi connectivity index (χ2n) is 6.78. The Balaban J connectivity index is 1.55. The zero-order valence-corrected chi connectivity index (χ0v) is 14.6. The van der Waals surface area contributed by atoms with Gasteiger partial charge in [0.15, 0.2) is 0 Å². The summed E-state index contributed by atoms with van der Waals surface area (Å²) in [5, 5.41) is 11.7. The number of rotatable bonds is 11. The van der Waals surface area contributed by atoms with Gasteiger partial charge in [0.2, 0.25) is 0 Å². The van der Waals surface area contributed by atoms with Gasteiger partial charge in [0.25, 0.3) is 0 Å². The third-order valence-electron chi connectivity index (χ3n) is 4.78. The van der Waals surface area contributed by atoms with E-state index in [1.807, 2.05) is 0 Å². The maximum absolute atomic E-state index is 10.4. The van der Waals surface area contributed by atoms with Crippen molar-refractivity contribution in [1.82, 2.24) is 5.32 Å². The molecule has 0 saturated heterocycles. The smallest absolute Gasteiger partial charge is 0.304 e. The minimum Gasteiger partial charge on any atom is -0.494 e. The van der Waals surface area contributed by atoms with Crippen LogP contribution in [0.5, 0.6) is 5.75 Å². The lowest BCUT2D eigenvalue weighted by molar-refractivity contribution is -0.136. The maximum Gasteiger partial charge on any atom is 0.304 e. The second kappa shape index (κ2) is 11.1. The first-order valence-electron chi connectivity index (χ1n) is 9.38.